The second-order valence-electron chi connectivity index (χ2n) is 6.48. The number of azide groups is 1. The fourth-order valence-electron chi connectivity index (χ4n) is 5.17. The minimum Gasteiger partial charge on any atom is -0.0940 e. The zero-order chi connectivity index (χ0) is 11.0. The van der Waals surface area contributed by atoms with Crippen molar-refractivity contribution < 1.29 is 0 Å². The first-order valence-corrected chi connectivity index (χ1v) is 6.80. The van der Waals surface area contributed by atoms with E-state index in [1.54, 1.807) is 0 Å². The van der Waals surface area contributed by atoms with Crippen LogP contribution in [-0.4, -0.2) is 6.54 Å². The van der Waals surface area contributed by atoms with Crippen molar-refractivity contribution in [2.24, 2.45) is 28.3 Å². The Hall–Kier alpha value is -0.690. The molecule has 0 aliphatic heterocycles. The molecule has 4 fully saturated rings. The molecule has 88 valence electrons. The van der Waals surface area contributed by atoms with E-state index in [1.165, 1.54) is 44.9 Å². The van der Waals surface area contributed by atoms with Gasteiger partial charge in [-0.3, -0.25) is 0 Å². The molecule has 0 aromatic heterocycles. The number of nitrogens with zero attached hydrogens (tertiary/aromatic N) is 3. The van der Waals surface area contributed by atoms with Crippen molar-refractivity contribution in [3.05, 3.63) is 10.4 Å². The molecule has 0 radical (unpaired) electrons. The van der Waals surface area contributed by atoms with E-state index in [2.05, 4.69) is 10.0 Å². The van der Waals surface area contributed by atoms with Gasteiger partial charge in [-0.05, 0) is 80.1 Å². The Kier molecular flexibility index (Phi) is 2.59. The van der Waals surface area contributed by atoms with E-state index in [1.807, 2.05) is 0 Å². The fourth-order valence-corrected chi connectivity index (χ4v) is 5.17. The number of hydrogen-bond acceptors (Lipinski definition) is 1. The quantitative estimate of drug-likeness (QED) is 0.293. The molecule has 0 spiro atoms. The van der Waals surface area contributed by atoms with Gasteiger partial charge in [-0.25, -0.2) is 0 Å². The van der Waals surface area contributed by atoms with Crippen molar-refractivity contribution in [2.75, 3.05) is 6.54 Å². The summed E-state index contributed by atoms with van der Waals surface area (Å²) in [6, 6.07) is 0. The second kappa shape index (κ2) is 3.96. The Morgan fingerprint density at radius 2 is 1.62 bits per heavy atom. The molecule has 3 nitrogen and oxygen atoms in total. The van der Waals surface area contributed by atoms with Gasteiger partial charge in [0, 0.05) is 11.5 Å². The van der Waals surface area contributed by atoms with Crippen molar-refractivity contribution in [3.8, 4) is 0 Å². The van der Waals surface area contributed by atoms with Gasteiger partial charge in [0.25, 0.3) is 0 Å². The summed E-state index contributed by atoms with van der Waals surface area (Å²) in [6.45, 7) is 0.707. The average Bonchev–Trinajstić information content (AvgIpc) is 2.22. The van der Waals surface area contributed by atoms with Crippen molar-refractivity contribution in [1.29, 1.82) is 0 Å². The average molecular weight is 219 g/mol. The highest BCUT2D eigenvalue weighted by atomic mass is 15.1. The van der Waals surface area contributed by atoms with Gasteiger partial charge in [-0.2, -0.15) is 0 Å². The summed E-state index contributed by atoms with van der Waals surface area (Å²) >= 11 is 0. The maximum Gasteiger partial charge on any atom is 0.0258 e. The van der Waals surface area contributed by atoms with Crippen LogP contribution in [0.25, 0.3) is 10.4 Å². The van der Waals surface area contributed by atoms with E-state index in [9.17, 15) is 0 Å². The Balaban J connectivity index is 1.62. The molecule has 0 saturated heterocycles. The topological polar surface area (TPSA) is 48.8 Å². The monoisotopic (exact) mass is 219 g/mol. The van der Waals surface area contributed by atoms with Crippen molar-refractivity contribution >= 4 is 0 Å². The third-order valence-corrected chi connectivity index (χ3v) is 5.19. The first kappa shape index (κ1) is 10.5. The van der Waals surface area contributed by atoms with E-state index in [0.29, 0.717) is 12.0 Å². The smallest absolute Gasteiger partial charge is 0.0258 e. The van der Waals surface area contributed by atoms with E-state index in [-0.39, 0.29) is 0 Å². The molecule has 0 atom stereocenters. The van der Waals surface area contributed by atoms with E-state index < -0.39 is 0 Å². The van der Waals surface area contributed by atoms with Gasteiger partial charge in [0.05, 0.1) is 0 Å². The molecule has 4 rings (SSSR count). The molecule has 0 N–H and O–H groups in total. The lowest BCUT2D eigenvalue weighted by Gasteiger charge is -2.57. The standard InChI is InChI=1S/C13H21N3/c14-16-15-3-1-2-13-7-10-4-11(8-13)6-12(5-10)9-13/h10-12H,1-9H2. The second-order valence-corrected chi connectivity index (χ2v) is 6.48. The van der Waals surface area contributed by atoms with Crippen LogP contribution in [0.1, 0.15) is 51.4 Å². The summed E-state index contributed by atoms with van der Waals surface area (Å²) in [7, 11) is 0. The van der Waals surface area contributed by atoms with Crippen LogP contribution in [-0.2, 0) is 0 Å². The van der Waals surface area contributed by atoms with Crippen LogP contribution in [0.4, 0.5) is 0 Å². The van der Waals surface area contributed by atoms with Crippen LogP contribution in [0.3, 0.4) is 0 Å². The van der Waals surface area contributed by atoms with Gasteiger partial charge in [0.15, 0.2) is 0 Å². The predicted octanol–water partition coefficient (Wildman–Crippen LogP) is 4.29. The molecule has 4 saturated carbocycles. The molecule has 0 unspecified atom stereocenters. The first-order valence-electron chi connectivity index (χ1n) is 6.80. The van der Waals surface area contributed by atoms with Crippen LogP contribution in [0, 0.1) is 23.2 Å². The highest BCUT2D eigenvalue weighted by molar-refractivity contribution is 5.01. The van der Waals surface area contributed by atoms with Gasteiger partial charge < -0.3 is 0 Å². The first-order chi connectivity index (χ1) is 7.80. The van der Waals surface area contributed by atoms with Crippen LogP contribution in [0.15, 0.2) is 5.11 Å². The number of rotatable bonds is 4. The molecular weight excluding hydrogens is 198 g/mol. The lowest BCUT2D eigenvalue weighted by molar-refractivity contribution is -0.0577. The Morgan fingerprint density at radius 3 is 2.12 bits per heavy atom. The van der Waals surface area contributed by atoms with Gasteiger partial charge in [0.2, 0.25) is 0 Å². The Bertz CT molecular complexity index is 282. The molecule has 0 heterocycles. The third kappa shape index (κ3) is 1.82. The minimum atomic E-state index is 0.666. The van der Waals surface area contributed by atoms with Crippen molar-refractivity contribution in [3.63, 3.8) is 0 Å². The summed E-state index contributed by atoms with van der Waals surface area (Å²) in [5, 5.41) is 3.67. The molecule has 0 amide bonds. The van der Waals surface area contributed by atoms with Crippen molar-refractivity contribution in [1.82, 2.24) is 0 Å². The third-order valence-electron chi connectivity index (χ3n) is 5.19. The van der Waals surface area contributed by atoms with Gasteiger partial charge >= 0.3 is 0 Å². The maximum atomic E-state index is 8.29. The summed E-state index contributed by atoms with van der Waals surface area (Å²) in [6.07, 6.45) is 11.4. The minimum absolute atomic E-state index is 0.666. The maximum absolute atomic E-state index is 8.29. The molecule has 4 aliphatic rings. The van der Waals surface area contributed by atoms with Crippen LogP contribution < -0.4 is 0 Å². The molecule has 4 bridgehead atoms. The van der Waals surface area contributed by atoms with E-state index in [0.717, 1.165) is 24.2 Å². The van der Waals surface area contributed by atoms with Gasteiger partial charge in [-0.15, -0.1) is 0 Å². The SMILES string of the molecule is [N-]=[N+]=NCCCC12CC3CC(CC(C3)C1)C2. The molecular formula is C13H21N3. The summed E-state index contributed by atoms with van der Waals surface area (Å²) in [5.41, 5.74) is 8.95. The lowest BCUT2D eigenvalue weighted by Crippen LogP contribution is -2.46. The van der Waals surface area contributed by atoms with E-state index in [4.69, 9.17) is 5.53 Å². The highest BCUT2D eigenvalue weighted by Gasteiger charge is 2.50. The Labute approximate surface area is 97.2 Å². The number of hydrogen-bond donors (Lipinski definition) is 0. The van der Waals surface area contributed by atoms with Crippen molar-refractivity contribution in [2.45, 2.75) is 51.4 Å². The van der Waals surface area contributed by atoms with Crippen LogP contribution >= 0.6 is 0 Å². The van der Waals surface area contributed by atoms with E-state index >= 15 is 0 Å². The zero-order valence-corrected chi connectivity index (χ0v) is 9.94. The summed E-state index contributed by atoms with van der Waals surface area (Å²) in [4.78, 5) is 2.84. The normalized spacial score (nSPS) is 44.4. The summed E-state index contributed by atoms with van der Waals surface area (Å²) in [5.74, 6) is 3.14. The highest BCUT2D eigenvalue weighted by Crippen LogP contribution is 2.61. The lowest BCUT2D eigenvalue weighted by atomic mass is 9.48. The van der Waals surface area contributed by atoms with Crippen LogP contribution in [0.2, 0.25) is 0 Å². The molecule has 0 aromatic carbocycles. The molecule has 4 aliphatic carbocycles. The zero-order valence-electron chi connectivity index (χ0n) is 9.94. The molecule has 16 heavy (non-hydrogen) atoms. The summed E-state index contributed by atoms with van der Waals surface area (Å²) < 4.78 is 0. The van der Waals surface area contributed by atoms with Gasteiger partial charge in [0.1, 0.15) is 0 Å². The fraction of sp³-hybridized carbons (Fsp3) is 1.00. The Morgan fingerprint density at radius 1 is 1.06 bits per heavy atom. The predicted molar refractivity (Wildman–Crippen MR) is 63.9 cm³/mol. The largest absolute Gasteiger partial charge is 0.0940 e. The molecule has 3 heteroatoms. The molecule has 0 aromatic rings. The van der Waals surface area contributed by atoms with Gasteiger partial charge in [-0.1, -0.05) is 5.11 Å². The van der Waals surface area contributed by atoms with Crippen LogP contribution in [0.5, 0.6) is 0 Å².